The fraction of sp³-hybridized carbons (Fsp3) is 0.103. The lowest BCUT2D eigenvalue weighted by atomic mass is 9.96. The van der Waals surface area contributed by atoms with Crippen LogP contribution in [0.15, 0.2) is 95.6 Å². The number of H-pyrrole nitrogens is 1. The number of aromatic nitrogens is 2. The molecule has 0 spiro atoms. The molecule has 1 aliphatic rings. The largest absolute Gasteiger partial charge is 0.489 e. The van der Waals surface area contributed by atoms with E-state index >= 15 is 0 Å². The number of carbonyl (C=O) groups excluding carboxylic acids is 1. The van der Waals surface area contributed by atoms with E-state index in [4.69, 9.17) is 32.4 Å². The van der Waals surface area contributed by atoms with Crippen molar-refractivity contribution < 1.29 is 13.9 Å². The summed E-state index contributed by atoms with van der Waals surface area (Å²) in [5.74, 6) is 1.30. The number of nitrogens with zero attached hydrogens (tertiary/aromatic N) is 2. The maximum atomic E-state index is 13.5. The summed E-state index contributed by atoms with van der Waals surface area (Å²) >= 11 is 12.1. The molecule has 1 amide bonds. The van der Waals surface area contributed by atoms with Crippen molar-refractivity contribution in [3.8, 4) is 17.0 Å². The number of halogens is 2. The Balaban J connectivity index is 1.33. The first-order valence-corrected chi connectivity index (χ1v) is 12.5. The first-order chi connectivity index (χ1) is 18.1. The van der Waals surface area contributed by atoms with E-state index in [1.807, 2.05) is 84.9 Å². The highest BCUT2D eigenvalue weighted by atomic mass is 35.5. The molecule has 1 atom stereocenters. The van der Waals surface area contributed by atoms with Crippen molar-refractivity contribution in [2.24, 2.45) is 0 Å². The third-order valence-corrected chi connectivity index (χ3v) is 6.91. The van der Waals surface area contributed by atoms with E-state index in [0.717, 1.165) is 33.7 Å². The minimum absolute atomic E-state index is 0.132. The predicted octanol–water partition coefficient (Wildman–Crippen LogP) is 7.30. The van der Waals surface area contributed by atoms with E-state index < -0.39 is 0 Å². The van der Waals surface area contributed by atoms with Gasteiger partial charge < -0.3 is 14.1 Å². The molecule has 8 heteroatoms. The number of aromatic amines is 1. The van der Waals surface area contributed by atoms with Crippen molar-refractivity contribution in [3.63, 3.8) is 0 Å². The molecular formula is C29H21Cl2N3O3. The van der Waals surface area contributed by atoms with Gasteiger partial charge in [-0.2, -0.15) is 5.10 Å². The lowest BCUT2D eigenvalue weighted by Gasteiger charge is -2.25. The minimum Gasteiger partial charge on any atom is -0.489 e. The fourth-order valence-electron chi connectivity index (χ4n) is 4.60. The average Bonchev–Trinajstić information content (AvgIpc) is 3.64. The van der Waals surface area contributed by atoms with Crippen LogP contribution in [-0.4, -0.2) is 21.0 Å². The third-order valence-electron chi connectivity index (χ3n) is 6.40. The van der Waals surface area contributed by atoms with Gasteiger partial charge in [-0.3, -0.25) is 9.89 Å². The Hall–Kier alpha value is -4.00. The van der Waals surface area contributed by atoms with Gasteiger partial charge in [-0.1, -0.05) is 59.6 Å². The number of hydrogen-bond donors (Lipinski definition) is 1. The Morgan fingerprint density at radius 2 is 1.62 bits per heavy atom. The number of hydrogen-bond acceptors (Lipinski definition) is 4. The van der Waals surface area contributed by atoms with Gasteiger partial charge in [-0.25, -0.2) is 0 Å². The van der Waals surface area contributed by atoms with Gasteiger partial charge in [0.15, 0.2) is 0 Å². The highest BCUT2D eigenvalue weighted by molar-refractivity contribution is 6.30. The minimum atomic E-state index is -0.359. The quantitative estimate of drug-likeness (QED) is 0.240. The van der Waals surface area contributed by atoms with Crippen LogP contribution < -0.4 is 4.74 Å². The summed E-state index contributed by atoms with van der Waals surface area (Å²) in [7, 11) is 0. The zero-order chi connectivity index (χ0) is 25.4. The van der Waals surface area contributed by atoms with E-state index in [0.29, 0.717) is 34.7 Å². The lowest BCUT2D eigenvalue weighted by Crippen LogP contribution is -2.28. The van der Waals surface area contributed by atoms with Crippen LogP contribution in [0.25, 0.3) is 11.3 Å². The van der Waals surface area contributed by atoms with Crippen molar-refractivity contribution in [1.29, 1.82) is 0 Å². The molecule has 0 saturated carbocycles. The van der Waals surface area contributed by atoms with E-state index in [9.17, 15) is 4.79 Å². The van der Waals surface area contributed by atoms with Crippen molar-refractivity contribution in [2.45, 2.75) is 19.2 Å². The number of ether oxygens (including phenoxy) is 1. The number of carbonyl (C=O) groups is 1. The van der Waals surface area contributed by atoms with Crippen LogP contribution in [0.5, 0.6) is 5.75 Å². The molecule has 3 heterocycles. The average molecular weight is 530 g/mol. The molecule has 1 N–H and O–H groups in total. The first-order valence-electron chi connectivity index (χ1n) is 11.7. The maximum Gasteiger partial charge on any atom is 0.273 e. The van der Waals surface area contributed by atoms with Crippen molar-refractivity contribution in [3.05, 3.63) is 129 Å². The second kappa shape index (κ2) is 9.81. The van der Waals surface area contributed by atoms with Gasteiger partial charge in [0, 0.05) is 21.2 Å². The van der Waals surface area contributed by atoms with Gasteiger partial charge >= 0.3 is 0 Å². The molecular weight excluding hydrogens is 509 g/mol. The number of furan rings is 1. The van der Waals surface area contributed by atoms with Gasteiger partial charge in [0.05, 0.1) is 24.5 Å². The van der Waals surface area contributed by atoms with Crippen LogP contribution in [0.2, 0.25) is 10.0 Å². The molecule has 2 aromatic heterocycles. The SMILES string of the molecule is O=C1c2[nH]nc(-c3ccc(Cl)cc3)c2C(c2ccc(OCc3ccc(Cl)cc3)cc2)N1Cc1ccco1. The van der Waals surface area contributed by atoms with Crippen molar-refractivity contribution in [2.75, 3.05) is 0 Å². The Bertz CT molecular complexity index is 1530. The van der Waals surface area contributed by atoms with E-state index in [1.54, 1.807) is 11.2 Å². The van der Waals surface area contributed by atoms with Crippen molar-refractivity contribution in [1.82, 2.24) is 15.1 Å². The van der Waals surface area contributed by atoms with Gasteiger partial charge in [0.25, 0.3) is 5.91 Å². The zero-order valence-corrected chi connectivity index (χ0v) is 21.0. The summed E-state index contributed by atoms with van der Waals surface area (Å²) in [6.45, 7) is 0.754. The Kier molecular flexibility index (Phi) is 6.20. The number of benzene rings is 3. The smallest absolute Gasteiger partial charge is 0.273 e. The molecule has 5 aromatic rings. The van der Waals surface area contributed by atoms with Gasteiger partial charge in [0.1, 0.15) is 23.8 Å². The van der Waals surface area contributed by atoms with Gasteiger partial charge in [-0.05, 0) is 59.7 Å². The van der Waals surface area contributed by atoms with Crippen molar-refractivity contribution >= 4 is 29.1 Å². The second-order valence-corrected chi connectivity index (χ2v) is 9.64. The molecule has 6 rings (SSSR count). The highest BCUT2D eigenvalue weighted by Gasteiger charge is 2.42. The second-order valence-electron chi connectivity index (χ2n) is 8.77. The monoisotopic (exact) mass is 529 g/mol. The van der Waals surface area contributed by atoms with Crippen LogP contribution in [-0.2, 0) is 13.2 Å². The Labute approximate surface area is 223 Å². The third kappa shape index (κ3) is 4.61. The van der Waals surface area contributed by atoms with E-state index in [-0.39, 0.29) is 11.9 Å². The fourth-order valence-corrected chi connectivity index (χ4v) is 4.85. The van der Waals surface area contributed by atoms with Gasteiger partial charge in [-0.15, -0.1) is 0 Å². The van der Waals surface area contributed by atoms with Crippen LogP contribution >= 0.6 is 23.2 Å². The summed E-state index contributed by atoms with van der Waals surface area (Å²) in [6.07, 6.45) is 1.61. The highest BCUT2D eigenvalue weighted by Crippen LogP contribution is 2.44. The number of fused-ring (bicyclic) bond motifs is 1. The summed E-state index contributed by atoms with van der Waals surface area (Å²) < 4.78 is 11.5. The molecule has 6 nitrogen and oxygen atoms in total. The number of nitrogens with one attached hydrogen (secondary N) is 1. The molecule has 37 heavy (non-hydrogen) atoms. The Morgan fingerprint density at radius 3 is 2.30 bits per heavy atom. The lowest BCUT2D eigenvalue weighted by molar-refractivity contribution is 0.0717. The molecule has 0 fully saturated rings. The summed E-state index contributed by atoms with van der Waals surface area (Å²) in [5.41, 5.74) is 4.86. The predicted molar refractivity (Wildman–Crippen MR) is 142 cm³/mol. The molecule has 0 saturated heterocycles. The first kappa shape index (κ1) is 23.4. The molecule has 0 bridgehead atoms. The maximum absolute atomic E-state index is 13.5. The zero-order valence-electron chi connectivity index (χ0n) is 19.5. The topological polar surface area (TPSA) is 71.4 Å². The molecule has 0 radical (unpaired) electrons. The van der Waals surface area contributed by atoms with E-state index in [2.05, 4.69) is 10.2 Å². The van der Waals surface area contributed by atoms with Crippen LogP contribution in [0.4, 0.5) is 0 Å². The normalized spacial score (nSPS) is 14.7. The van der Waals surface area contributed by atoms with E-state index in [1.165, 1.54) is 0 Å². The van der Waals surface area contributed by atoms with Crippen LogP contribution in [0.1, 0.15) is 39.0 Å². The standard InChI is InChI=1S/C29H21Cl2N3O3/c30-21-9-3-18(4-10-21)17-37-23-13-7-20(8-14-23)28-25-26(19-5-11-22(31)12-6-19)32-33-27(25)29(35)34(28)16-24-2-1-15-36-24/h1-15,28H,16-17H2,(H,32,33). The van der Waals surface area contributed by atoms with Gasteiger partial charge in [0.2, 0.25) is 0 Å². The molecule has 184 valence electrons. The summed E-state index contributed by atoms with van der Waals surface area (Å²) in [4.78, 5) is 15.3. The molecule has 0 aliphatic carbocycles. The molecule has 1 unspecified atom stereocenters. The number of amides is 1. The summed E-state index contributed by atoms with van der Waals surface area (Å²) in [6, 6.07) is 26.1. The van der Waals surface area contributed by atoms with Crippen LogP contribution in [0.3, 0.4) is 0 Å². The number of rotatable bonds is 7. The summed E-state index contributed by atoms with van der Waals surface area (Å²) in [5, 5.41) is 8.81. The Morgan fingerprint density at radius 1 is 0.919 bits per heavy atom. The molecule has 3 aromatic carbocycles. The molecule has 1 aliphatic heterocycles. The van der Waals surface area contributed by atoms with Crippen LogP contribution in [0, 0.1) is 0 Å².